The molecule has 0 heterocycles. The van der Waals surface area contributed by atoms with Crippen molar-refractivity contribution in [1.82, 2.24) is 4.90 Å². The standard InChI is InChI=1S/C26H29FN2O4S/c1-18(2)16-29(26(30)28-23-11-8-19(3)20(4)14-23)17-21-6-5-7-24(15-21)33-34(31,32)25-12-9-22(27)10-13-25/h5-15,18H,16-17H2,1-4H3,(H,28,30). The predicted octanol–water partition coefficient (Wildman–Crippen LogP) is 5.90. The van der Waals surface area contributed by atoms with Gasteiger partial charge in [0.05, 0.1) is 0 Å². The Hall–Kier alpha value is -3.39. The van der Waals surface area contributed by atoms with Crippen molar-refractivity contribution in [2.24, 2.45) is 5.92 Å². The van der Waals surface area contributed by atoms with Crippen LogP contribution in [0.4, 0.5) is 14.9 Å². The molecule has 8 heteroatoms. The third-order valence-corrected chi connectivity index (χ3v) is 6.47. The van der Waals surface area contributed by atoms with Gasteiger partial charge in [-0.05, 0) is 85.0 Å². The quantitative estimate of drug-likeness (QED) is 0.404. The number of aryl methyl sites for hydroxylation is 2. The van der Waals surface area contributed by atoms with Gasteiger partial charge in [0.15, 0.2) is 0 Å². The molecule has 0 spiro atoms. The van der Waals surface area contributed by atoms with Crippen molar-refractivity contribution >= 4 is 21.8 Å². The first-order valence-electron chi connectivity index (χ1n) is 11.0. The Kier molecular flexibility index (Phi) is 7.94. The third-order valence-electron chi connectivity index (χ3n) is 5.21. The molecule has 0 radical (unpaired) electrons. The van der Waals surface area contributed by atoms with Crippen LogP contribution in [0.25, 0.3) is 0 Å². The van der Waals surface area contributed by atoms with E-state index in [0.29, 0.717) is 17.8 Å². The molecule has 34 heavy (non-hydrogen) atoms. The Morgan fingerprint density at radius 2 is 1.71 bits per heavy atom. The number of nitrogens with zero attached hydrogens (tertiary/aromatic N) is 1. The van der Waals surface area contributed by atoms with E-state index < -0.39 is 15.9 Å². The zero-order valence-corrected chi connectivity index (χ0v) is 20.5. The summed E-state index contributed by atoms with van der Waals surface area (Å²) in [7, 11) is -4.12. The molecule has 3 aromatic rings. The molecule has 180 valence electrons. The number of rotatable bonds is 8. The summed E-state index contributed by atoms with van der Waals surface area (Å²) in [6, 6.07) is 16.5. The van der Waals surface area contributed by atoms with Gasteiger partial charge in [-0.2, -0.15) is 8.42 Å². The van der Waals surface area contributed by atoms with Crippen LogP contribution in [0.2, 0.25) is 0 Å². The number of carbonyl (C=O) groups excluding carboxylic acids is 1. The average molecular weight is 485 g/mol. The van der Waals surface area contributed by atoms with E-state index in [-0.39, 0.29) is 29.1 Å². The number of benzene rings is 3. The molecule has 2 amide bonds. The molecule has 1 N–H and O–H groups in total. The lowest BCUT2D eigenvalue weighted by Gasteiger charge is -2.25. The van der Waals surface area contributed by atoms with Crippen molar-refractivity contribution in [1.29, 1.82) is 0 Å². The van der Waals surface area contributed by atoms with E-state index in [1.165, 1.54) is 6.07 Å². The summed E-state index contributed by atoms with van der Waals surface area (Å²) < 4.78 is 43.4. The Bertz CT molecular complexity index is 1260. The summed E-state index contributed by atoms with van der Waals surface area (Å²) in [5.41, 5.74) is 3.65. The fraction of sp³-hybridized carbons (Fsp3) is 0.269. The van der Waals surface area contributed by atoms with Crippen LogP contribution >= 0.6 is 0 Å². The second-order valence-corrected chi connectivity index (χ2v) is 10.2. The van der Waals surface area contributed by atoms with Crippen LogP contribution in [0.1, 0.15) is 30.5 Å². The highest BCUT2D eigenvalue weighted by Crippen LogP contribution is 2.22. The lowest BCUT2D eigenvalue weighted by atomic mass is 10.1. The maximum Gasteiger partial charge on any atom is 0.339 e. The van der Waals surface area contributed by atoms with Crippen LogP contribution in [0.15, 0.2) is 71.6 Å². The predicted molar refractivity (Wildman–Crippen MR) is 131 cm³/mol. The van der Waals surface area contributed by atoms with Crippen molar-refractivity contribution in [2.75, 3.05) is 11.9 Å². The van der Waals surface area contributed by atoms with Gasteiger partial charge < -0.3 is 14.4 Å². The molecule has 0 atom stereocenters. The molecule has 0 saturated carbocycles. The van der Waals surface area contributed by atoms with E-state index in [9.17, 15) is 17.6 Å². The molecule has 0 aliphatic carbocycles. The van der Waals surface area contributed by atoms with E-state index in [1.54, 1.807) is 23.1 Å². The highest BCUT2D eigenvalue weighted by atomic mass is 32.2. The van der Waals surface area contributed by atoms with E-state index in [4.69, 9.17) is 4.18 Å². The molecule has 0 fully saturated rings. The molecule has 0 aliphatic heterocycles. The SMILES string of the molecule is Cc1ccc(NC(=O)N(Cc2cccc(OS(=O)(=O)c3ccc(F)cc3)c2)CC(C)C)cc1C. The van der Waals surface area contributed by atoms with E-state index in [0.717, 1.165) is 35.4 Å². The zero-order valence-electron chi connectivity index (χ0n) is 19.7. The second-order valence-electron chi connectivity index (χ2n) is 8.64. The van der Waals surface area contributed by atoms with Crippen LogP contribution in [0, 0.1) is 25.6 Å². The molecular weight excluding hydrogens is 455 g/mol. The third kappa shape index (κ3) is 6.81. The summed E-state index contributed by atoms with van der Waals surface area (Å²) in [5, 5.41) is 2.94. The second kappa shape index (κ2) is 10.7. The molecular formula is C26H29FN2O4S. The first-order valence-corrected chi connectivity index (χ1v) is 12.4. The number of halogens is 1. The maximum absolute atomic E-state index is 13.1. The summed E-state index contributed by atoms with van der Waals surface area (Å²) >= 11 is 0. The van der Waals surface area contributed by atoms with Crippen LogP contribution in [0.5, 0.6) is 5.75 Å². The lowest BCUT2D eigenvalue weighted by molar-refractivity contribution is 0.201. The molecule has 3 aromatic carbocycles. The van der Waals surface area contributed by atoms with Gasteiger partial charge in [-0.3, -0.25) is 0 Å². The minimum absolute atomic E-state index is 0.112. The first kappa shape index (κ1) is 25.2. The molecule has 0 aromatic heterocycles. The van der Waals surface area contributed by atoms with Gasteiger partial charge >= 0.3 is 16.1 Å². The van der Waals surface area contributed by atoms with Crippen molar-refractivity contribution in [2.45, 2.75) is 39.1 Å². The van der Waals surface area contributed by atoms with E-state index in [2.05, 4.69) is 5.32 Å². The molecule has 3 rings (SSSR count). The van der Waals surface area contributed by atoms with Gasteiger partial charge in [0, 0.05) is 18.8 Å². The monoisotopic (exact) mass is 484 g/mol. The summed E-state index contributed by atoms with van der Waals surface area (Å²) in [6.07, 6.45) is 0. The Balaban J connectivity index is 1.76. The van der Waals surface area contributed by atoms with Gasteiger partial charge in [-0.25, -0.2) is 9.18 Å². The minimum Gasteiger partial charge on any atom is -0.379 e. The molecule has 0 unspecified atom stereocenters. The molecule has 0 bridgehead atoms. The lowest BCUT2D eigenvalue weighted by Crippen LogP contribution is -2.37. The van der Waals surface area contributed by atoms with E-state index >= 15 is 0 Å². The number of urea groups is 1. The van der Waals surface area contributed by atoms with Crippen LogP contribution in [-0.4, -0.2) is 25.9 Å². The smallest absolute Gasteiger partial charge is 0.339 e. The van der Waals surface area contributed by atoms with Crippen LogP contribution in [0.3, 0.4) is 0 Å². The largest absolute Gasteiger partial charge is 0.379 e. The fourth-order valence-corrected chi connectivity index (χ4v) is 4.30. The summed E-state index contributed by atoms with van der Waals surface area (Å²) in [6.45, 7) is 8.81. The molecule has 0 saturated heterocycles. The Labute approximate surface area is 200 Å². The highest BCUT2D eigenvalue weighted by Gasteiger charge is 2.19. The number of amides is 2. The number of carbonyl (C=O) groups is 1. The topological polar surface area (TPSA) is 75.7 Å². The fourth-order valence-electron chi connectivity index (χ4n) is 3.37. The van der Waals surface area contributed by atoms with Gasteiger partial charge in [0.1, 0.15) is 16.5 Å². The van der Waals surface area contributed by atoms with Crippen molar-refractivity contribution < 1.29 is 21.8 Å². The van der Waals surface area contributed by atoms with Gasteiger partial charge in [0.2, 0.25) is 0 Å². The van der Waals surface area contributed by atoms with Crippen LogP contribution < -0.4 is 9.50 Å². The van der Waals surface area contributed by atoms with Gasteiger partial charge in [-0.15, -0.1) is 0 Å². The highest BCUT2D eigenvalue weighted by molar-refractivity contribution is 7.87. The zero-order chi connectivity index (χ0) is 24.9. The Morgan fingerprint density at radius 3 is 2.35 bits per heavy atom. The first-order chi connectivity index (χ1) is 16.0. The summed E-state index contributed by atoms with van der Waals surface area (Å²) in [5.74, 6) is -0.199. The van der Waals surface area contributed by atoms with Gasteiger partial charge in [-0.1, -0.05) is 32.0 Å². The Morgan fingerprint density at radius 1 is 1.00 bits per heavy atom. The van der Waals surface area contributed by atoms with E-state index in [1.807, 2.05) is 45.9 Å². The van der Waals surface area contributed by atoms with Gasteiger partial charge in [0.25, 0.3) is 0 Å². The van der Waals surface area contributed by atoms with Crippen molar-refractivity contribution in [3.8, 4) is 5.75 Å². The summed E-state index contributed by atoms with van der Waals surface area (Å²) in [4.78, 5) is 14.6. The minimum atomic E-state index is -4.12. The van der Waals surface area contributed by atoms with Crippen molar-refractivity contribution in [3.05, 3.63) is 89.2 Å². The number of hydrogen-bond acceptors (Lipinski definition) is 4. The molecule has 0 aliphatic rings. The normalized spacial score (nSPS) is 11.4. The number of anilines is 1. The van der Waals surface area contributed by atoms with Crippen LogP contribution in [-0.2, 0) is 16.7 Å². The molecule has 6 nitrogen and oxygen atoms in total. The number of nitrogens with one attached hydrogen (secondary N) is 1. The van der Waals surface area contributed by atoms with Crippen molar-refractivity contribution in [3.63, 3.8) is 0 Å². The average Bonchev–Trinajstić information content (AvgIpc) is 2.76. The maximum atomic E-state index is 13.1. The number of hydrogen-bond donors (Lipinski definition) is 1.